The van der Waals surface area contributed by atoms with E-state index in [0.717, 1.165) is 0 Å². The summed E-state index contributed by atoms with van der Waals surface area (Å²) in [6.45, 7) is 0. The lowest BCUT2D eigenvalue weighted by atomic mass is 10.1. The molecule has 0 aliphatic carbocycles. The Kier molecular flexibility index (Phi) is 5.50. The summed E-state index contributed by atoms with van der Waals surface area (Å²) in [5.41, 5.74) is 4.99. The van der Waals surface area contributed by atoms with Crippen LogP contribution in [-0.2, 0) is 9.59 Å². The highest BCUT2D eigenvalue weighted by Crippen LogP contribution is 2.17. The highest BCUT2D eigenvalue weighted by Gasteiger charge is 2.32. The Hall–Kier alpha value is -0.140. The molecule has 5 nitrogen and oxygen atoms in total. The average Bonchev–Trinajstić information content (AvgIpc) is 2.03. The fourth-order valence-corrected chi connectivity index (χ4v) is 1.80. The summed E-state index contributed by atoms with van der Waals surface area (Å²) in [6.07, 6.45) is 0. The van der Waals surface area contributed by atoms with Gasteiger partial charge in [0.05, 0.1) is 4.83 Å². The van der Waals surface area contributed by atoms with Crippen LogP contribution in [0.1, 0.15) is 0 Å². The highest BCUT2D eigenvalue weighted by atomic mass is 79.9. The molecule has 3 atom stereocenters. The molecule has 0 aromatic heterocycles. The summed E-state index contributed by atoms with van der Waals surface area (Å²) in [5.74, 6) is -1.65. The van der Waals surface area contributed by atoms with Gasteiger partial charge in [-0.25, -0.2) is 0 Å². The SMILES string of the molecule is CNC(C(=O)O)C(Br)C(Br)C(N)=O. The maximum absolute atomic E-state index is 10.7. The number of nitrogens with one attached hydrogen (secondary N) is 1. The smallest absolute Gasteiger partial charge is 0.321 e. The number of primary amides is 1. The van der Waals surface area contributed by atoms with Crippen LogP contribution in [0.15, 0.2) is 0 Å². The van der Waals surface area contributed by atoms with Crippen molar-refractivity contribution in [3.63, 3.8) is 0 Å². The molecule has 13 heavy (non-hydrogen) atoms. The lowest BCUT2D eigenvalue weighted by Gasteiger charge is -2.20. The van der Waals surface area contributed by atoms with Gasteiger partial charge in [0.25, 0.3) is 0 Å². The van der Waals surface area contributed by atoms with E-state index in [1.54, 1.807) is 0 Å². The van der Waals surface area contributed by atoms with Crippen molar-refractivity contribution in [1.82, 2.24) is 5.32 Å². The number of carbonyl (C=O) groups excluding carboxylic acids is 1. The molecule has 0 rings (SSSR count). The summed E-state index contributed by atoms with van der Waals surface area (Å²) >= 11 is 6.07. The van der Waals surface area contributed by atoms with Crippen LogP contribution in [0.2, 0.25) is 0 Å². The van der Waals surface area contributed by atoms with Gasteiger partial charge in [0.1, 0.15) is 10.9 Å². The Bertz CT molecular complexity index is 212. The molecular weight excluding hydrogens is 308 g/mol. The predicted molar refractivity (Wildman–Crippen MR) is 55.1 cm³/mol. The molecule has 0 aromatic carbocycles. The molecule has 7 heteroatoms. The van der Waals surface area contributed by atoms with Gasteiger partial charge < -0.3 is 16.2 Å². The van der Waals surface area contributed by atoms with E-state index >= 15 is 0 Å². The van der Waals surface area contributed by atoms with Crippen molar-refractivity contribution in [1.29, 1.82) is 0 Å². The summed E-state index contributed by atoms with van der Waals surface area (Å²) in [5, 5.41) is 11.3. The summed E-state index contributed by atoms with van der Waals surface area (Å²) in [7, 11) is 1.49. The van der Waals surface area contributed by atoms with E-state index in [9.17, 15) is 9.59 Å². The molecule has 1 amide bonds. The van der Waals surface area contributed by atoms with Gasteiger partial charge >= 0.3 is 5.97 Å². The van der Waals surface area contributed by atoms with E-state index in [2.05, 4.69) is 37.2 Å². The standard InChI is InChI=1S/C6H10Br2N2O3/c1-10-4(6(12)13)2(7)3(8)5(9)11/h2-4,10H,1H3,(H2,9,11)(H,12,13). The minimum atomic E-state index is -1.05. The number of carbonyl (C=O) groups is 2. The van der Waals surface area contributed by atoms with Crippen LogP contribution in [-0.4, -0.2) is 39.7 Å². The molecule has 0 bridgehead atoms. The number of carboxylic acids is 1. The number of aliphatic carboxylic acids is 1. The lowest BCUT2D eigenvalue weighted by Crippen LogP contribution is -2.48. The topological polar surface area (TPSA) is 92.4 Å². The molecule has 3 unspecified atom stereocenters. The summed E-state index contributed by atoms with van der Waals surface area (Å²) < 4.78 is 0. The van der Waals surface area contributed by atoms with Crippen LogP contribution in [0.5, 0.6) is 0 Å². The van der Waals surface area contributed by atoms with Crippen LogP contribution in [0.25, 0.3) is 0 Å². The Labute approximate surface area is 92.3 Å². The van der Waals surface area contributed by atoms with Crippen molar-refractivity contribution >= 4 is 43.7 Å². The first-order chi connectivity index (χ1) is 5.91. The van der Waals surface area contributed by atoms with Gasteiger partial charge in [0.15, 0.2) is 0 Å². The van der Waals surface area contributed by atoms with Crippen LogP contribution >= 0.6 is 31.9 Å². The average molecular weight is 318 g/mol. The first-order valence-corrected chi connectivity index (χ1v) is 5.22. The van der Waals surface area contributed by atoms with Crippen LogP contribution in [0.3, 0.4) is 0 Å². The number of hydrogen-bond donors (Lipinski definition) is 3. The van der Waals surface area contributed by atoms with Gasteiger partial charge in [-0.2, -0.15) is 0 Å². The molecule has 4 N–H and O–H groups in total. The molecule has 0 saturated heterocycles. The zero-order chi connectivity index (χ0) is 10.6. The number of alkyl halides is 2. The number of nitrogens with two attached hydrogens (primary N) is 1. The molecule has 0 heterocycles. The van der Waals surface area contributed by atoms with Crippen LogP contribution in [0.4, 0.5) is 0 Å². The van der Waals surface area contributed by atoms with E-state index in [1.807, 2.05) is 0 Å². The normalized spacial score (nSPS) is 17.5. The van der Waals surface area contributed by atoms with Crippen molar-refractivity contribution in [3.8, 4) is 0 Å². The second kappa shape index (κ2) is 5.56. The molecule has 76 valence electrons. The molecule has 0 fully saturated rings. The Morgan fingerprint density at radius 2 is 1.92 bits per heavy atom. The van der Waals surface area contributed by atoms with Crippen molar-refractivity contribution in [2.75, 3.05) is 7.05 Å². The fraction of sp³-hybridized carbons (Fsp3) is 0.667. The molecule has 0 aromatic rings. The third kappa shape index (κ3) is 3.61. The van der Waals surface area contributed by atoms with Crippen molar-refractivity contribution in [3.05, 3.63) is 0 Å². The molecule has 0 saturated carbocycles. The molecular formula is C6H10Br2N2O3. The number of amides is 1. The monoisotopic (exact) mass is 316 g/mol. The molecule has 0 aliphatic rings. The number of halogens is 2. The van der Waals surface area contributed by atoms with Gasteiger partial charge in [-0.3, -0.25) is 9.59 Å². The highest BCUT2D eigenvalue weighted by molar-refractivity contribution is 9.12. The number of carboxylic acid groups (broad SMARTS) is 1. The van der Waals surface area contributed by atoms with Crippen LogP contribution < -0.4 is 11.1 Å². The largest absolute Gasteiger partial charge is 0.480 e. The van der Waals surface area contributed by atoms with Gasteiger partial charge in [-0.1, -0.05) is 31.9 Å². The quantitative estimate of drug-likeness (QED) is 0.605. The third-order valence-electron chi connectivity index (χ3n) is 1.45. The first-order valence-electron chi connectivity index (χ1n) is 3.39. The Morgan fingerprint density at radius 1 is 1.46 bits per heavy atom. The van der Waals surface area contributed by atoms with Gasteiger partial charge in [-0.05, 0) is 7.05 Å². The number of likely N-dealkylation sites (N-methyl/N-ethyl adjacent to an activating group) is 1. The zero-order valence-corrected chi connectivity index (χ0v) is 10.0. The second-order valence-electron chi connectivity index (χ2n) is 2.35. The molecule has 0 radical (unpaired) electrons. The van der Waals surface area contributed by atoms with Gasteiger partial charge in [0.2, 0.25) is 5.91 Å². The maximum Gasteiger partial charge on any atom is 0.321 e. The van der Waals surface area contributed by atoms with E-state index < -0.39 is 27.6 Å². The molecule has 0 spiro atoms. The minimum Gasteiger partial charge on any atom is -0.480 e. The maximum atomic E-state index is 10.7. The van der Waals surface area contributed by atoms with Gasteiger partial charge in [0, 0.05) is 0 Å². The zero-order valence-electron chi connectivity index (χ0n) is 6.83. The van der Waals surface area contributed by atoms with E-state index in [-0.39, 0.29) is 0 Å². The number of hydrogen-bond acceptors (Lipinski definition) is 3. The Balaban J connectivity index is 4.45. The van der Waals surface area contributed by atoms with E-state index in [1.165, 1.54) is 7.05 Å². The summed E-state index contributed by atoms with van der Waals surface area (Å²) in [4.78, 5) is 20.0. The van der Waals surface area contributed by atoms with Crippen LogP contribution in [0, 0.1) is 0 Å². The number of rotatable bonds is 5. The van der Waals surface area contributed by atoms with E-state index in [4.69, 9.17) is 10.8 Å². The van der Waals surface area contributed by atoms with Gasteiger partial charge in [-0.15, -0.1) is 0 Å². The summed E-state index contributed by atoms with van der Waals surface area (Å²) in [6, 6.07) is -0.864. The Morgan fingerprint density at radius 3 is 2.15 bits per heavy atom. The minimum absolute atomic E-state index is 0.590. The van der Waals surface area contributed by atoms with Crippen molar-refractivity contribution < 1.29 is 14.7 Å². The molecule has 0 aliphatic heterocycles. The predicted octanol–water partition coefficient (Wildman–Crippen LogP) is -0.329. The second-order valence-corrected chi connectivity index (χ2v) is 4.40. The lowest BCUT2D eigenvalue weighted by molar-refractivity contribution is -0.139. The fourth-order valence-electron chi connectivity index (χ4n) is 0.745. The van der Waals surface area contributed by atoms with Crippen molar-refractivity contribution in [2.45, 2.75) is 15.7 Å². The third-order valence-corrected chi connectivity index (χ3v) is 4.23. The first kappa shape index (κ1) is 12.9. The van der Waals surface area contributed by atoms with E-state index in [0.29, 0.717) is 0 Å². The van der Waals surface area contributed by atoms with Crippen molar-refractivity contribution in [2.24, 2.45) is 5.73 Å².